The second kappa shape index (κ2) is 16.4. The predicted octanol–water partition coefficient (Wildman–Crippen LogP) is 16.4. The monoisotopic (exact) mass is 822 g/mol. The summed E-state index contributed by atoms with van der Waals surface area (Å²) < 4.78 is 0. The summed E-state index contributed by atoms with van der Waals surface area (Å²) in [5.41, 5.74) is 18.1. The average Bonchev–Trinajstić information content (AvgIpc) is 3.37. The second-order valence-corrected chi connectivity index (χ2v) is 17.7. The molecule has 0 fully saturated rings. The summed E-state index contributed by atoms with van der Waals surface area (Å²) in [6.45, 7) is 2.04. The number of hydrogen-bond donors (Lipinski definition) is 0. The van der Waals surface area contributed by atoms with Gasteiger partial charge in [-0.2, -0.15) is 0 Å². The summed E-state index contributed by atoms with van der Waals surface area (Å²) in [5, 5.41) is 7.64. The van der Waals surface area contributed by atoms with E-state index in [1.165, 1.54) is 117 Å². The fourth-order valence-corrected chi connectivity index (χ4v) is 10.9. The van der Waals surface area contributed by atoms with E-state index < -0.39 is 0 Å². The smallest absolute Gasteiger partial charge is 0.0443 e. The Morgan fingerprint density at radius 1 is 0.453 bits per heavy atom. The number of nitrogens with zero attached hydrogens (tertiary/aromatic N) is 2. The summed E-state index contributed by atoms with van der Waals surface area (Å²) in [6, 6.07) is 70.4. The zero-order valence-electron chi connectivity index (χ0n) is 36.2. The first kappa shape index (κ1) is 38.3. The van der Waals surface area contributed by atoms with Gasteiger partial charge in [0.1, 0.15) is 0 Å². The summed E-state index contributed by atoms with van der Waals surface area (Å²) in [6.07, 6.45) is 13.9. The number of rotatable bonds is 7. The summed E-state index contributed by atoms with van der Waals surface area (Å²) in [7, 11) is 0. The highest BCUT2D eigenvalue weighted by Gasteiger charge is 2.25. The maximum Gasteiger partial charge on any atom is 0.0443 e. The van der Waals surface area contributed by atoms with Crippen molar-refractivity contribution in [1.29, 1.82) is 0 Å². The number of aryl methyl sites for hydroxylation is 1. The minimum absolute atomic E-state index is 0.997. The first-order chi connectivity index (χ1) is 31.7. The molecule has 0 spiro atoms. The Morgan fingerprint density at radius 2 is 1.09 bits per heavy atom. The molecule has 0 bridgehead atoms. The summed E-state index contributed by atoms with van der Waals surface area (Å²) >= 11 is 0. The Kier molecular flexibility index (Phi) is 9.79. The van der Waals surface area contributed by atoms with Crippen LogP contribution in [0.3, 0.4) is 0 Å². The number of para-hydroxylation sites is 1. The second-order valence-electron chi connectivity index (χ2n) is 17.7. The fourth-order valence-electron chi connectivity index (χ4n) is 10.9. The zero-order valence-corrected chi connectivity index (χ0v) is 36.2. The fraction of sp³-hybridized carbons (Fsp3) is 0.129. The molecule has 9 aromatic carbocycles. The van der Waals surface area contributed by atoms with Gasteiger partial charge in [-0.15, -0.1) is 0 Å². The molecule has 0 unspecified atom stereocenters. The van der Waals surface area contributed by atoms with Crippen molar-refractivity contribution in [3.63, 3.8) is 0 Å². The van der Waals surface area contributed by atoms with Gasteiger partial charge in [-0.25, -0.2) is 0 Å². The molecule has 0 N–H and O–H groups in total. The Hall–Kier alpha value is -7.42. The van der Waals surface area contributed by atoms with Crippen molar-refractivity contribution in [3.8, 4) is 22.3 Å². The molecule has 3 aliphatic rings. The van der Waals surface area contributed by atoms with Gasteiger partial charge in [-0.1, -0.05) is 158 Å². The highest BCUT2D eigenvalue weighted by atomic mass is 15.2. The van der Waals surface area contributed by atoms with Gasteiger partial charge >= 0.3 is 0 Å². The van der Waals surface area contributed by atoms with Crippen molar-refractivity contribution >= 4 is 61.0 Å². The van der Waals surface area contributed by atoms with Crippen molar-refractivity contribution in [2.45, 2.75) is 38.5 Å². The molecule has 2 aliphatic heterocycles. The SMILES string of the molecule is C1=CC2=C(CC1)N(c1ccc3c(-c4cccc(C=C(c5ccccc5)c5ccccc5)c4)c4cc(N5CCCc6ccccc65)ccc4c(-c4ccc5ccccc5c4)c3c1)CCC2. The molecule has 0 amide bonds. The molecule has 2 heterocycles. The van der Waals surface area contributed by atoms with Crippen LogP contribution in [-0.4, -0.2) is 13.1 Å². The van der Waals surface area contributed by atoms with E-state index in [-0.39, 0.29) is 0 Å². The Balaban J connectivity index is 1.14. The lowest BCUT2D eigenvalue weighted by Crippen LogP contribution is -2.29. The van der Waals surface area contributed by atoms with Crippen molar-refractivity contribution < 1.29 is 0 Å². The van der Waals surface area contributed by atoms with Crippen LogP contribution in [0, 0.1) is 0 Å². The van der Waals surface area contributed by atoms with Crippen LogP contribution in [0.25, 0.3) is 66.2 Å². The van der Waals surface area contributed by atoms with Crippen LogP contribution in [0.15, 0.2) is 211 Å². The van der Waals surface area contributed by atoms with Gasteiger partial charge in [0.05, 0.1) is 0 Å². The number of fused-ring (bicyclic) bond motifs is 4. The normalized spacial score (nSPS) is 14.8. The molecular formula is C62H50N2. The van der Waals surface area contributed by atoms with Gasteiger partial charge in [0, 0.05) is 35.8 Å². The summed E-state index contributed by atoms with van der Waals surface area (Å²) in [4.78, 5) is 5.18. The van der Waals surface area contributed by atoms with Gasteiger partial charge in [0.25, 0.3) is 0 Å². The number of allylic oxidation sites excluding steroid dienone is 4. The molecule has 0 atom stereocenters. The van der Waals surface area contributed by atoms with E-state index in [0.717, 1.165) is 45.2 Å². The third-order valence-corrected chi connectivity index (χ3v) is 13.9. The lowest BCUT2D eigenvalue weighted by atomic mass is 9.84. The standard InChI is InChI=1S/C62H50N2/c1-3-18-45(19-4-1)56(46-20-5-2-6-21-46)39-43-16-13-25-50(38-43)61-54-34-32-53(64-37-15-27-48-23-10-12-29-60(48)64)42-58(54)62(51-31-30-44-17-7-8-24-49(44)40-51)55-35-33-52(41-57(55)61)63-36-14-26-47-22-9-11-28-59(47)63/h1-11,13,16-25,28,30-35,38-42H,12,14-15,26-27,29,36-37H2. The van der Waals surface area contributed by atoms with Crippen LogP contribution in [0.1, 0.15) is 54.4 Å². The maximum absolute atomic E-state index is 2.63. The molecule has 2 nitrogen and oxygen atoms in total. The minimum atomic E-state index is 0.997. The molecule has 64 heavy (non-hydrogen) atoms. The Labute approximate surface area is 376 Å². The lowest BCUT2D eigenvalue weighted by Gasteiger charge is -2.35. The molecule has 308 valence electrons. The highest BCUT2D eigenvalue weighted by molar-refractivity contribution is 6.23. The zero-order chi connectivity index (χ0) is 42.4. The minimum Gasteiger partial charge on any atom is -0.345 e. The van der Waals surface area contributed by atoms with Gasteiger partial charge < -0.3 is 9.80 Å². The average molecular weight is 823 g/mol. The van der Waals surface area contributed by atoms with E-state index in [1.54, 1.807) is 0 Å². The third-order valence-electron chi connectivity index (χ3n) is 13.9. The van der Waals surface area contributed by atoms with Crippen LogP contribution >= 0.6 is 0 Å². The lowest BCUT2D eigenvalue weighted by molar-refractivity contribution is 0.692. The van der Waals surface area contributed by atoms with Crippen LogP contribution in [0.2, 0.25) is 0 Å². The Bertz CT molecular complexity index is 3290. The summed E-state index contributed by atoms with van der Waals surface area (Å²) in [5.74, 6) is 0. The van der Waals surface area contributed by atoms with Gasteiger partial charge in [0.2, 0.25) is 0 Å². The van der Waals surface area contributed by atoms with Crippen LogP contribution in [0.5, 0.6) is 0 Å². The van der Waals surface area contributed by atoms with Crippen molar-refractivity contribution in [2.24, 2.45) is 0 Å². The van der Waals surface area contributed by atoms with Crippen molar-refractivity contribution in [1.82, 2.24) is 0 Å². The quantitative estimate of drug-likeness (QED) is 0.117. The molecule has 9 aromatic rings. The third kappa shape index (κ3) is 6.91. The molecule has 12 rings (SSSR count). The number of hydrogen-bond acceptors (Lipinski definition) is 2. The molecular weight excluding hydrogens is 773 g/mol. The van der Waals surface area contributed by atoms with Gasteiger partial charge in [0.15, 0.2) is 0 Å². The van der Waals surface area contributed by atoms with E-state index >= 15 is 0 Å². The molecule has 2 heteroatoms. The number of benzene rings is 9. The Morgan fingerprint density at radius 3 is 1.86 bits per heavy atom. The molecule has 0 aromatic heterocycles. The highest BCUT2D eigenvalue weighted by Crippen LogP contribution is 2.48. The van der Waals surface area contributed by atoms with Gasteiger partial charge in [-0.3, -0.25) is 0 Å². The van der Waals surface area contributed by atoms with Crippen LogP contribution in [0.4, 0.5) is 17.1 Å². The first-order valence-corrected chi connectivity index (χ1v) is 23.2. The van der Waals surface area contributed by atoms with E-state index in [4.69, 9.17) is 0 Å². The molecule has 0 saturated heterocycles. The van der Waals surface area contributed by atoms with Crippen LogP contribution in [-0.2, 0) is 6.42 Å². The van der Waals surface area contributed by atoms with Crippen molar-refractivity contribution in [3.05, 3.63) is 234 Å². The van der Waals surface area contributed by atoms with Gasteiger partial charge in [-0.05, 0) is 175 Å². The van der Waals surface area contributed by atoms with E-state index in [9.17, 15) is 0 Å². The predicted molar refractivity (Wildman–Crippen MR) is 273 cm³/mol. The largest absolute Gasteiger partial charge is 0.345 e. The number of anilines is 3. The topological polar surface area (TPSA) is 6.48 Å². The maximum atomic E-state index is 2.63. The van der Waals surface area contributed by atoms with Crippen LogP contribution < -0.4 is 9.80 Å². The van der Waals surface area contributed by atoms with Crippen molar-refractivity contribution in [2.75, 3.05) is 22.9 Å². The molecule has 0 radical (unpaired) electrons. The molecule has 1 aliphatic carbocycles. The van der Waals surface area contributed by atoms with E-state index in [2.05, 4.69) is 216 Å². The first-order valence-electron chi connectivity index (χ1n) is 23.2. The molecule has 0 saturated carbocycles. The van der Waals surface area contributed by atoms with E-state index in [1.807, 2.05) is 0 Å². The van der Waals surface area contributed by atoms with E-state index in [0.29, 0.717) is 0 Å².